The van der Waals surface area contributed by atoms with Gasteiger partial charge in [0.1, 0.15) is 24.2 Å². The molecule has 0 aliphatic carbocycles. The van der Waals surface area contributed by atoms with Crippen molar-refractivity contribution < 1.29 is 14.3 Å². The van der Waals surface area contributed by atoms with Gasteiger partial charge in [-0.25, -0.2) is 0 Å². The number of nitriles is 1. The van der Waals surface area contributed by atoms with Crippen molar-refractivity contribution in [3.63, 3.8) is 0 Å². The van der Waals surface area contributed by atoms with E-state index in [1.807, 2.05) is 67.6 Å². The van der Waals surface area contributed by atoms with Gasteiger partial charge in [-0.1, -0.05) is 35.9 Å². The normalized spacial score (nSPS) is 14.1. The third-order valence-electron chi connectivity index (χ3n) is 6.61. The van der Waals surface area contributed by atoms with Gasteiger partial charge in [-0.05, 0) is 55.6 Å². The van der Waals surface area contributed by atoms with Gasteiger partial charge < -0.3 is 25.0 Å². The first kappa shape index (κ1) is 29.2. The van der Waals surface area contributed by atoms with Gasteiger partial charge in [-0.3, -0.25) is 14.8 Å². The molecule has 0 fully saturated rings. The van der Waals surface area contributed by atoms with Crippen molar-refractivity contribution >= 4 is 45.5 Å². The summed E-state index contributed by atoms with van der Waals surface area (Å²) < 4.78 is 11.7. The number of carbonyl (C=O) groups excluding carboxylic acids is 1. The molecule has 0 unspecified atom stereocenters. The first-order valence-electron chi connectivity index (χ1n) is 13.6. The fourth-order valence-corrected chi connectivity index (χ4v) is 4.68. The van der Waals surface area contributed by atoms with E-state index in [1.54, 1.807) is 36.5 Å². The summed E-state index contributed by atoms with van der Waals surface area (Å²) in [6, 6.07) is 16.5. The number of benzene rings is 2. The zero-order valence-corrected chi connectivity index (χ0v) is 24.4. The number of carbonyl (C=O) groups is 1. The molecule has 2 aromatic heterocycles. The van der Waals surface area contributed by atoms with E-state index in [0.717, 1.165) is 5.69 Å². The zero-order valence-electron chi connectivity index (χ0n) is 23.6. The molecule has 4 aromatic rings. The molecule has 0 saturated carbocycles. The van der Waals surface area contributed by atoms with Crippen LogP contribution < -0.4 is 20.1 Å². The number of aromatic nitrogens is 2. The maximum Gasteiger partial charge on any atom is 0.248 e. The molecule has 216 valence electrons. The van der Waals surface area contributed by atoms with Crippen LogP contribution in [0, 0.1) is 11.3 Å². The van der Waals surface area contributed by atoms with Crippen molar-refractivity contribution in [2.24, 2.45) is 0 Å². The topological polar surface area (TPSA) is 112 Å². The number of amides is 1. The summed E-state index contributed by atoms with van der Waals surface area (Å²) in [5.41, 5.74) is 3.29. The Hall–Kier alpha value is -5.33. The van der Waals surface area contributed by atoms with E-state index >= 15 is 0 Å². The average Bonchev–Trinajstić information content (AvgIpc) is 3.01. The second-order valence-corrected chi connectivity index (χ2v) is 9.98. The summed E-state index contributed by atoms with van der Waals surface area (Å²) >= 11 is 6.54. The van der Waals surface area contributed by atoms with Crippen LogP contribution in [0.25, 0.3) is 10.9 Å². The Balaban J connectivity index is 1.42. The molecule has 0 saturated heterocycles. The van der Waals surface area contributed by atoms with Gasteiger partial charge in [0.2, 0.25) is 5.91 Å². The number of ether oxygens (including phenoxy) is 2. The fraction of sp³-hybridized carbons (Fsp3) is 0.152. The maximum atomic E-state index is 12.9. The summed E-state index contributed by atoms with van der Waals surface area (Å²) in [6.07, 6.45) is 14.3. The molecule has 2 aromatic carbocycles. The van der Waals surface area contributed by atoms with E-state index in [4.69, 9.17) is 21.1 Å². The van der Waals surface area contributed by atoms with Crippen LogP contribution in [0.2, 0.25) is 5.02 Å². The van der Waals surface area contributed by atoms with Crippen LogP contribution in [0.3, 0.4) is 0 Å². The highest BCUT2D eigenvalue weighted by atomic mass is 35.5. The summed E-state index contributed by atoms with van der Waals surface area (Å²) in [4.78, 5) is 23.7. The number of allylic oxidation sites excluding steroid dienone is 2. The van der Waals surface area contributed by atoms with Crippen molar-refractivity contribution in [2.75, 3.05) is 24.3 Å². The molecular weight excluding hydrogens is 564 g/mol. The summed E-state index contributed by atoms with van der Waals surface area (Å²) in [7, 11) is 1.94. The Morgan fingerprint density at radius 1 is 1.14 bits per heavy atom. The molecule has 1 aliphatic rings. The van der Waals surface area contributed by atoms with E-state index in [-0.39, 0.29) is 18.6 Å². The molecule has 0 bridgehead atoms. The lowest BCUT2D eigenvalue weighted by atomic mass is 10.1. The number of hydrogen-bond donors (Lipinski definition) is 2. The SMILES string of the molecule is CCOc1cc2ncc(C#N)c(Nc3ccc(OCc4ccccn4)c(Cl)c3)c2cc1NC(=O)/C=C/[C@H]1C=CC=CN1C. The molecule has 9 nitrogen and oxygen atoms in total. The van der Waals surface area contributed by atoms with Gasteiger partial charge in [0, 0.05) is 42.7 Å². The highest BCUT2D eigenvalue weighted by Gasteiger charge is 2.16. The largest absolute Gasteiger partial charge is 0.492 e. The molecule has 0 radical (unpaired) electrons. The number of anilines is 3. The quantitative estimate of drug-likeness (QED) is 0.194. The maximum absolute atomic E-state index is 12.9. The van der Waals surface area contributed by atoms with Gasteiger partial charge in [0.25, 0.3) is 0 Å². The minimum absolute atomic E-state index is 0.0319. The smallest absolute Gasteiger partial charge is 0.248 e. The van der Waals surface area contributed by atoms with Crippen molar-refractivity contribution in [3.8, 4) is 17.6 Å². The average molecular weight is 593 g/mol. The highest BCUT2D eigenvalue weighted by molar-refractivity contribution is 6.32. The monoisotopic (exact) mass is 592 g/mol. The second kappa shape index (κ2) is 13.6. The number of hydrogen-bond acceptors (Lipinski definition) is 8. The van der Waals surface area contributed by atoms with E-state index in [9.17, 15) is 10.1 Å². The Morgan fingerprint density at radius 2 is 2.02 bits per heavy atom. The number of fused-ring (bicyclic) bond motifs is 1. The first-order valence-corrected chi connectivity index (χ1v) is 14.0. The molecule has 3 heterocycles. The van der Waals surface area contributed by atoms with Gasteiger partial charge in [-0.2, -0.15) is 5.26 Å². The number of nitrogens with one attached hydrogen (secondary N) is 2. The molecule has 1 amide bonds. The number of nitrogens with zero attached hydrogens (tertiary/aromatic N) is 4. The van der Waals surface area contributed by atoms with Crippen LogP contribution in [0.5, 0.6) is 11.5 Å². The standard InChI is InChI=1S/C33H29ClN6O3/c1-3-42-31-18-28-26(17-29(31)39-32(41)13-11-25-9-5-7-15-40(25)2)33(22(19-35)20-37-28)38-23-10-12-30(27(34)16-23)43-21-24-8-4-6-14-36-24/h4-18,20,25H,3,21H2,1-2H3,(H,37,38)(H,39,41)/b13-11+/t25-/m1/s1. The van der Waals surface area contributed by atoms with Crippen molar-refractivity contribution in [1.29, 1.82) is 5.26 Å². The van der Waals surface area contributed by atoms with E-state index in [2.05, 4.69) is 26.7 Å². The first-order chi connectivity index (χ1) is 20.9. The summed E-state index contributed by atoms with van der Waals surface area (Å²) in [5.74, 6) is 0.655. The number of halogens is 1. The predicted octanol–water partition coefficient (Wildman–Crippen LogP) is 6.75. The third-order valence-corrected chi connectivity index (χ3v) is 6.90. The molecular formula is C33H29ClN6O3. The van der Waals surface area contributed by atoms with Crippen LogP contribution in [-0.2, 0) is 11.4 Å². The molecule has 5 rings (SSSR count). The lowest BCUT2D eigenvalue weighted by Gasteiger charge is -2.23. The van der Waals surface area contributed by atoms with Gasteiger partial charge in [0.15, 0.2) is 0 Å². The predicted molar refractivity (Wildman–Crippen MR) is 169 cm³/mol. The molecule has 10 heteroatoms. The van der Waals surface area contributed by atoms with E-state index in [1.165, 1.54) is 12.3 Å². The Bertz CT molecular complexity index is 1760. The van der Waals surface area contributed by atoms with E-state index < -0.39 is 0 Å². The second-order valence-electron chi connectivity index (χ2n) is 9.57. The zero-order chi connectivity index (χ0) is 30.2. The van der Waals surface area contributed by atoms with Gasteiger partial charge >= 0.3 is 0 Å². The van der Waals surface area contributed by atoms with Crippen molar-refractivity contribution in [3.05, 3.63) is 114 Å². The van der Waals surface area contributed by atoms with Crippen LogP contribution in [0.15, 0.2) is 97.5 Å². The summed E-state index contributed by atoms with van der Waals surface area (Å²) in [5, 5.41) is 17.1. The van der Waals surface area contributed by atoms with Crippen molar-refractivity contribution in [2.45, 2.75) is 19.6 Å². The highest BCUT2D eigenvalue weighted by Crippen LogP contribution is 2.37. The Morgan fingerprint density at radius 3 is 2.77 bits per heavy atom. The lowest BCUT2D eigenvalue weighted by Crippen LogP contribution is -2.24. The number of likely N-dealkylation sites (N-methyl/N-ethyl adjacent to an activating group) is 1. The Kier molecular flexibility index (Phi) is 9.20. The van der Waals surface area contributed by atoms with Crippen LogP contribution in [0.4, 0.5) is 17.1 Å². The van der Waals surface area contributed by atoms with Crippen LogP contribution >= 0.6 is 11.6 Å². The molecule has 1 atom stereocenters. The molecule has 2 N–H and O–H groups in total. The van der Waals surface area contributed by atoms with Gasteiger partial charge in [-0.15, -0.1) is 0 Å². The van der Waals surface area contributed by atoms with Crippen LogP contribution in [-0.4, -0.2) is 40.5 Å². The number of rotatable bonds is 10. The molecule has 1 aliphatic heterocycles. The third kappa shape index (κ3) is 7.12. The minimum Gasteiger partial charge on any atom is -0.492 e. The number of pyridine rings is 2. The Labute approximate surface area is 254 Å². The van der Waals surface area contributed by atoms with E-state index in [0.29, 0.717) is 56.7 Å². The molecule has 0 spiro atoms. The van der Waals surface area contributed by atoms with Crippen molar-refractivity contribution in [1.82, 2.24) is 14.9 Å². The minimum atomic E-state index is -0.316. The molecule has 43 heavy (non-hydrogen) atoms. The van der Waals surface area contributed by atoms with Crippen LogP contribution in [0.1, 0.15) is 18.2 Å². The lowest BCUT2D eigenvalue weighted by molar-refractivity contribution is -0.111. The summed E-state index contributed by atoms with van der Waals surface area (Å²) in [6.45, 7) is 2.53. The van der Waals surface area contributed by atoms with Gasteiger partial charge in [0.05, 0.1) is 45.8 Å². The fourth-order valence-electron chi connectivity index (χ4n) is 4.45.